The van der Waals surface area contributed by atoms with E-state index in [1.165, 1.54) is 42.7 Å². The number of rotatable bonds is 6. The van der Waals surface area contributed by atoms with E-state index in [9.17, 15) is 22.8 Å². The number of furan rings is 1. The molecule has 9 nitrogen and oxygen atoms in total. The predicted molar refractivity (Wildman–Crippen MR) is 143 cm³/mol. The molecule has 2 bridgehead atoms. The van der Waals surface area contributed by atoms with Crippen LogP contribution in [0.5, 0.6) is 0 Å². The normalized spacial score (nSPS) is 18.5. The molecule has 3 N–H and O–H groups in total. The summed E-state index contributed by atoms with van der Waals surface area (Å²) in [5.41, 5.74) is 5.75. The van der Waals surface area contributed by atoms with Gasteiger partial charge in [0.05, 0.1) is 42.1 Å². The molecule has 2 unspecified atom stereocenters. The van der Waals surface area contributed by atoms with Crippen LogP contribution in [0.15, 0.2) is 65.4 Å². The summed E-state index contributed by atoms with van der Waals surface area (Å²) in [5, 5.41) is 2.80. The average Bonchev–Trinajstić information content (AvgIpc) is 3.70. The third-order valence-corrected chi connectivity index (χ3v) is 7.11. The van der Waals surface area contributed by atoms with Gasteiger partial charge in [0, 0.05) is 36.0 Å². The van der Waals surface area contributed by atoms with E-state index in [1.807, 2.05) is 0 Å². The summed E-state index contributed by atoms with van der Waals surface area (Å²) in [4.78, 5) is 35.1. The zero-order chi connectivity index (χ0) is 28.7. The van der Waals surface area contributed by atoms with Gasteiger partial charge < -0.3 is 25.1 Å². The number of fused-ring (bicyclic) bond motifs is 3. The number of hydrogen-bond acceptors (Lipinski definition) is 7. The number of halogens is 3. The number of likely N-dealkylation sites (tertiary alicyclic amines) is 1. The predicted octanol–water partition coefficient (Wildman–Crippen LogP) is 4.43. The van der Waals surface area contributed by atoms with Gasteiger partial charge in [-0.05, 0) is 60.5 Å². The largest absolute Gasteiger partial charge is 0.459 e. The third kappa shape index (κ3) is 5.50. The van der Waals surface area contributed by atoms with Crippen LogP contribution in [0.4, 0.5) is 19.0 Å². The summed E-state index contributed by atoms with van der Waals surface area (Å²) in [6.45, 7) is 0.913. The monoisotopic (exact) mass is 563 g/mol. The van der Waals surface area contributed by atoms with Gasteiger partial charge in [-0.15, -0.1) is 0 Å². The van der Waals surface area contributed by atoms with Crippen molar-refractivity contribution >= 4 is 34.7 Å². The summed E-state index contributed by atoms with van der Waals surface area (Å²) < 4.78 is 53.1. The van der Waals surface area contributed by atoms with Crippen molar-refractivity contribution in [1.82, 2.24) is 20.2 Å². The second-order valence-corrected chi connectivity index (χ2v) is 9.95. The van der Waals surface area contributed by atoms with Crippen molar-refractivity contribution in [2.24, 2.45) is 0 Å². The maximum atomic E-state index is 14.0. The van der Waals surface area contributed by atoms with Gasteiger partial charge in [0.15, 0.2) is 0 Å². The van der Waals surface area contributed by atoms with E-state index in [0.717, 1.165) is 12.5 Å². The average molecular weight is 564 g/mol. The van der Waals surface area contributed by atoms with Crippen LogP contribution in [-0.2, 0) is 22.3 Å². The van der Waals surface area contributed by atoms with Crippen LogP contribution >= 0.6 is 0 Å². The molecule has 0 aliphatic carbocycles. The molecule has 2 fully saturated rings. The summed E-state index contributed by atoms with van der Waals surface area (Å²) in [6, 6.07) is 10.4. The second kappa shape index (κ2) is 10.4. The molecule has 0 saturated carbocycles. The van der Waals surface area contributed by atoms with Crippen molar-refractivity contribution in [2.45, 2.75) is 31.3 Å². The molecule has 2 saturated heterocycles. The minimum atomic E-state index is -4.70. The van der Waals surface area contributed by atoms with Crippen LogP contribution in [0, 0.1) is 0 Å². The van der Waals surface area contributed by atoms with Crippen molar-refractivity contribution in [2.75, 3.05) is 18.9 Å². The Morgan fingerprint density at radius 2 is 1.98 bits per heavy atom. The highest BCUT2D eigenvalue weighted by atomic mass is 19.4. The quantitative estimate of drug-likeness (QED) is 0.333. The molecule has 4 aromatic rings. The first-order valence-electron chi connectivity index (χ1n) is 12.8. The van der Waals surface area contributed by atoms with E-state index in [4.69, 9.17) is 14.9 Å². The number of ether oxygens (including phenoxy) is 1. The fourth-order valence-corrected chi connectivity index (χ4v) is 5.08. The highest BCUT2D eigenvalue weighted by Gasteiger charge is 2.41. The van der Waals surface area contributed by atoms with Crippen LogP contribution < -0.4 is 11.1 Å². The van der Waals surface area contributed by atoms with Gasteiger partial charge in [-0.3, -0.25) is 14.6 Å². The fraction of sp³-hybridized carbons (Fsp3) is 0.241. The number of aromatic nitrogens is 2. The Labute approximate surface area is 231 Å². The Morgan fingerprint density at radius 1 is 1.12 bits per heavy atom. The number of nitrogen functional groups attached to an aromatic ring is 1. The first kappa shape index (κ1) is 26.5. The second-order valence-electron chi connectivity index (χ2n) is 9.95. The van der Waals surface area contributed by atoms with E-state index < -0.39 is 17.6 Å². The molecule has 2 amide bonds. The maximum Gasteiger partial charge on any atom is 0.420 e. The van der Waals surface area contributed by atoms with Crippen molar-refractivity contribution in [3.05, 3.63) is 83.4 Å². The van der Waals surface area contributed by atoms with Crippen LogP contribution in [-0.4, -0.2) is 52.0 Å². The van der Waals surface area contributed by atoms with Crippen molar-refractivity contribution < 1.29 is 31.9 Å². The van der Waals surface area contributed by atoms with Gasteiger partial charge in [0.25, 0.3) is 5.91 Å². The van der Waals surface area contributed by atoms with Crippen molar-refractivity contribution in [3.8, 4) is 11.3 Å². The van der Waals surface area contributed by atoms with Gasteiger partial charge in [-0.25, -0.2) is 4.98 Å². The summed E-state index contributed by atoms with van der Waals surface area (Å²) in [6.07, 6.45) is 1.86. The lowest BCUT2D eigenvalue weighted by molar-refractivity contribution is -0.136. The van der Waals surface area contributed by atoms with E-state index in [2.05, 4.69) is 15.3 Å². The number of amides is 2. The lowest BCUT2D eigenvalue weighted by Crippen LogP contribution is -2.41. The van der Waals surface area contributed by atoms with E-state index >= 15 is 0 Å². The number of benzene rings is 1. The number of nitrogens with two attached hydrogens (primary N) is 1. The Balaban J connectivity index is 1.20. The number of carbonyl (C=O) groups is 2. The lowest BCUT2D eigenvalue weighted by Gasteiger charge is -2.26. The number of morpholine rings is 1. The fourth-order valence-electron chi connectivity index (χ4n) is 5.08. The van der Waals surface area contributed by atoms with Crippen molar-refractivity contribution in [3.63, 3.8) is 0 Å². The zero-order valence-electron chi connectivity index (χ0n) is 21.5. The number of pyridine rings is 2. The van der Waals surface area contributed by atoms with Crippen LogP contribution in [0.1, 0.15) is 33.7 Å². The van der Waals surface area contributed by atoms with Gasteiger partial charge >= 0.3 is 6.18 Å². The summed E-state index contributed by atoms with van der Waals surface area (Å²) in [7, 11) is 0. The number of alkyl halides is 3. The number of nitrogens with zero attached hydrogens (tertiary/aromatic N) is 3. The Hall–Kier alpha value is -4.71. The molecular weight excluding hydrogens is 539 g/mol. The van der Waals surface area contributed by atoms with E-state index in [-0.39, 0.29) is 52.6 Å². The number of anilines is 1. The highest BCUT2D eigenvalue weighted by molar-refractivity contribution is 5.95. The minimum Gasteiger partial charge on any atom is -0.459 e. The zero-order valence-corrected chi connectivity index (χ0v) is 21.5. The lowest BCUT2D eigenvalue weighted by atomic mass is 10.0. The van der Waals surface area contributed by atoms with Gasteiger partial charge in [0.1, 0.15) is 17.2 Å². The molecule has 1 aromatic carbocycles. The smallest absolute Gasteiger partial charge is 0.420 e. The Kier molecular flexibility index (Phi) is 6.70. The maximum absolute atomic E-state index is 14.0. The third-order valence-electron chi connectivity index (χ3n) is 7.11. The van der Waals surface area contributed by atoms with Gasteiger partial charge in [0.2, 0.25) is 5.91 Å². The van der Waals surface area contributed by atoms with Gasteiger partial charge in [-0.2, -0.15) is 13.2 Å². The molecule has 41 heavy (non-hydrogen) atoms. The standard InChI is InChI=1S/C29H24F3N5O4/c30-29(31,32)23-9-18(24-4-3-17(12-34-24)28(39)37-14-22-10-20(37)15-40-22)7-19-8-21(41-27(19)23)13-36-26(38)6-2-16-1-5-25(33)35-11-16/h1-9,11-12,20,22H,10,13-15H2,(H2,33,35)(H,36,38)/b6-2+. The summed E-state index contributed by atoms with van der Waals surface area (Å²) >= 11 is 0. The number of nitrogens with one attached hydrogen (secondary N) is 1. The van der Waals surface area contributed by atoms with Crippen LogP contribution in [0.3, 0.4) is 0 Å². The molecular formula is C29H24F3N5O4. The first-order valence-corrected chi connectivity index (χ1v) is 12.8. The van der Waals surface area contributed by atoms with Crippen LogP contribution in [0.25, 0.3) is 28.3 Å². The summed E-state index contributed by atoms with van der Waals surface area (Å²) in [5.74, 6) is -0.142. The molecule has 3 aromatic heterocycles. The molecule has 0 radical (unpaired) electrons. The molecule has 2 atom stereocenters. The number of carbonyl (C=O) groups excluding carboxylic acids is 2. The van der Waals surface area contributed by atoms with E-state index in [0.29, 0.717) is 30.1 Å². The topological polar surface area (TPSA) is 124 Å². The van der Waals surface area contributed by atoms with Crippen LogP contribution in [0.2, 0.25) is 0 Å². The molecule has 12 heteroatoms. The molecule has 210 valence electrons. The SMILES string of the molecule is Nc1ccc(/C=C/C(=O)NCc2cc3cc(-c4ccc(C(=O)N5CC6CC5CO6)cn4)cc(C(F)(F)F)c3o2)cn1. The Morgan fingerprint density at radius 3 is 2.63 bits per heavy atom. The van der Waals surface area contributed by atoms with Gasteiger partial charge in [-0.1, -0.05) is 0 Å². The van der Waals surface area contributed by atoms with E-state index in [1.54, 1.807) is 23.1 Å². The number of hydrogen-bond donors (Lipinski definition) is 2. The molecule has 2 aliphatic heterocycles. The molecule has 5 heterocycles. The molecule has 6 rings (SSSR count). The molecule has 2 aliphatic rings. The van der Waals surface area contributed by atoms with Crippen molar-refractivity contribution in [1.29, 1.82) is 0 Å². The minimum absolute atomic E-state index is 0.0426. The first-order chi connectivity index (χ1) is 19.6. The molecule has 0 spiro atoms. The highest BCUT2D eigenvalue weighted by Crippen LogP contribution is 2.39. The Bertz CT molecular complexity index is 1650.